The lowest BCUT2D eigenvalue weighted by Crippen LogP contribution is -2.43. The number of hydrazine groups is 1. The second kappa shape index (κ2) is 6.56. The van der Waals surface area contributed by atoms with E-state index in [0.29, 0.717) is 18.8 Å². The topological polar surface area (TPSA) is 81.4 Å². The van der Waals surface area contributed by atoms with Gasteiger partial charge in [0.2, 0.25) is 0 Å². The van der Waals surface area contributed by atoms with Crippen LogP contribution in [0.3, 0.4) is 0 Å². The largest absolute Gasteiger partial charge is 0.494 e. The fourth-order valence-corrected chi connectivity index (χ4v) is 4.85. The SMILES string of the molecule is CCOc1ccccc1C(NN)C1CCCCS1(=O)=O. The van der Waals surface area contributed by atoms with E-state index in [4.69, 9.17) is 10.6 Å². The fourth-order valence-electron chi connectivity index (χ4n) is 2.78. The van der Waals surface area contributed by atoms with Crippen molar-refractivity contribution in [3.05, 3.63) is 29.8 Å². The zero-order valence-corrected chi connectivity index (χ0v) is 12.5. The summed E-state index contributed by atoms with van der Waals surface area (Å²) in [5.74, 6) is 6.59. The van der Waals surface area contributed by atoms with Crippen molar-refractivity contribution >= 4 is 9.84 Å². The molecule has 0 aromatic heterocycles. The average Bonchev–Trinajstić information content (AvgIpc) is 2.43. The molecule has 1 aliphatic heterocycles. The van der Waals surface area contributed by atoms with Gasteiger partial charge in [-0.2, -0.15) is 0 Å². The molecule has 0 bridgehead atoms. The van der Waals surface area contributed by atoms with Crippen LogP contribution in [-0.2, 0) is 9.84 Å². The van der Waals surface area contributed by atoms with Crippen LogP contribution in [-0.4, -0.2) is 26.0 Å². The number of nitrogens with one attached hydrogen (secondary N) is 1. The number of rotatable bonds is 5. The van der Waals surface area contributed by atoms with Gasteiger partial charge >= 0.3 is 0 Å². The number of hydrogen-bond acceptors (Lipinski definition) is 5. The van der Waals surface area contributed by atoms with Crippen molar-refractivity contribution in [1.29, 1.82) is 0 Å². The summed E-state index contributed by atoms with van der Waals surface area (Å²) >= 11 is 0. The summed E-state index contributed by atoms with van der Waals surface area (Å²) in [7, 11) is -3.11. The molecule has 3 N–H and O–H groups in total. The molecule has 0 saturated carbocycles. The Bertz CT molecular complexity index is 545. The van der Waals surface area contributed by atoms with Crippen molar-refractivity contribution < 1.29 is 13.2 Å². The number of ether oxygens (including phenoxy) is 1. The highest BCUT2D eigenvalue weighted by Crippen LogP contribution is 2.34. The van der Waals surface area contributed by atoms with Gasteiger partial charge in [-0.25, -0.2) is 8.42 Å². The van der Waals surface area contributed by atoms with Crippen molar-refractivity contribution in [2.75, 3.05) is 12.4 Å². The normalized spacial score (nSPS) is 23.2. The second-order valence-electron chi connectivity index (χ2n) is 5.02. The minimum absolute atomic E-state index is 0.243. The highest BCUT2D eigenvalue weighted by Gasteiger charge is 2.37. The number of benzene rings is 1. The minimum Gasteiger partial charge on any atom is -0.494 e. The highest BCUT2D eigenvalue weighted by molar-refractivity contribution is 7.92. The van der Waals surface area contributed by atoms with E-state index in [2.05, 4.69) is 5.43 Å². The average molecular weight is 298 g/mol. The molecular weight excluding hydrogens is 276 g/mol. The van der Waals surface area contributed by atoms with Crippen LogP contribution in [0, 0.1) is 0 Å². The maximum absolute atomic E-state index is 12.3. The van der Waals surface area contributed by atoms with E-state index in [-0.39, 0.29) is 5.75 Å². The lowest BCUT2D eigenvalue weighted by molar-refractivity contribution is 0.329. The number of nitrogens with two attached hydrogens (primary N) is 1. The first-order valence-electron chi connectivity index (χ1n) is 6.99. The molecule has 6 heteroatoms. The summed E-state index contributed by atoms with van der Waals surface area (Å²) in [5.41, 5.74) is 3.50. The van der Waals surface area contributed by atoms with Crippen molar-refractivity contribution in [1.82, 2.24) is 5.43 Å². The minimum atomic E-state index is -3.11. The Hall–Kier alpha value is -1.11. The third kappa shape index (κ3) is 3.13. The molecule has 1 fully saturated rings. The van der Waals surface area contributed by atoms with Crippen molar-refractivity contribution in [2.45, 2.75) is 37.5 Å². The zero-order chi connectivity index (χ0) is 14.6. The Labute approximate surface area is 120 Å². The third-order valence-electron chi connectivity index (χ3n) is 3.73. The van der Waals surface area contributed by atoms with Gasteiger partial charge in [0.05, 0.1) is 23.7 Å². The van der Waals surface area contributed by atoms with Gasteiger partial charge in [-0.05, 0) is 25.8 Å². The summed E-state index contributed by atoms with van der Waals surface area (Å²) in [6.45, 7) is 2.44. The van der Waals surface area contributed by atoms with Gasteiger partial charge in [-0.3, -0.25) is 11.3 Å². The van der Waals surface area contributed by atoms with E-state index in [0.717, 1.165) is 18.4 Å². The van der Waals surface area contributed by atoms with Gasteiger partial charge < -0.3 is 4.74 Å². The Morgan fingerprint density at radius 3 is 2.80 bits per heavy atom. The van der Waals surface area contributed by atoms with Crippen molar-refractivity contribution in [3.63, 3.8) is 0 Å². The van der Waals surface area contributed by atoms with Crippen LogP contribution in [0.1, 0.15) is 37.8 Å². The molecule has 20 heavy (non-hydrogen) atoms. The van der Waals surface area contributed by atoms with E-state index < -0.39 is 21.1 Å². The molecule has 5 nitrogen and oxygen atoms in total. The first-order valence-corrected chi connectivity index (χ1v) is 8.71. The summed E-state index contributed by atoms with van der Waals surface area (Å²) in [4.78, 5) is 0. The van der Waals surface area contributed by atoms with Crippen LogP contribution < -0.4 is 16.0 Å². The Balaban J connectivity index is 2.37. The zero-order valence-electron chi connectivity index (χ0n) is 11.7. The Kier molecular flexibility index (Phi) is 5.01. The van der Waals surface area contributed by atoms with E-state index in [9.17, 15) is 8.42 Å². The van der Waals surface area contributed by atoms with Crippen molar-refractivity contribution in [2.24, 2.45) is 5.84 Å². The van der Waals surface area contributed by atoms with Crippen LogP contribution in [0.2, 0.25) is 0 Å². The maximum Gasteiger partial charge on any atom is 0.155 e. The third-order valence-corrected chi connectivity index (χ3v) is 6.02. The van der Waals surface area contributed by atoms with E-state index in [1.165, 1.54) is 0 Å². The predicted molar refractivity (Wildman–Crippen MR) is 79.1 cm³/mol. The molecule has 1 aliphatic rings. The maximum atomic E-state index is 12.3. The fraction of sp³-hybridized carbons (Fsp3) is 0.571. The smallest absolute Gasteiger partial charge is 0.155 e. The van der Waals surface area contributed by atoms with Gasteiger partial charge in [0.1, 0.15) is 5.75 Å². The Morgan fingerprint density at radius 1 is 1.40 bits per heavy atom. The first-order chi connectivity index (χ1) is 9.60. The summed E-state index contributed by atoms with van der Waals surface area (Å²) in [6, 6.07) is 7.04. The Morgan fingerprint density at radius 2 is 2.15 bits per heavy atom. The number of hydrogen-bond donors (Lipinski definition) is 2. The second-order valence-corrected chi connectivity index (χ2v) is 7.36. The summed E-state index contributed by atoms with van der Waals surface area (Å²) in [5, 5.41) is -0.483. The summed E-state index contributed by atoms with van der Waals surface area (Å²) < 4.78 is 30.2. The molecule has 2 unspecified atom stereocenters. The van der Waals surface area contributed by atoms with Crippen molar-refractivity contribution in [3.8, 4) is 5.75 Å². The molecule has 0 spiro atoms. The lowest BCUT2D eigenvalue weighted by Gasteiger charge is -2.30. The van der Waals surface area contributed by atoms with Gasteiger partial charge in [-0.15, -0.1) is 0 Å². The molecule has 0 aliphatic carbocycles. The highest BCUT2D eigenvalue weighted by atomic mass is 32.2. The van der Waals surface area contributed by atoms with E-state index in [1.54, 1.807) is 0 Å². The standard InChI is InChI=1S/C14H22N2O3S/c1-2-19-12-8-4-3-7-11(12)14(16-15)13-9-5-6-10-20(13,17)18/h3-4,7-8,13-14,16H,2,5-6,9-10,15H2,1H3. The lowest BCUT2D eigenvalue weighted by atomic mass is 9.99. The number of sulfone groups is 1. The van der Waals surface area contributed by atoms with E-state index in [1.807, 2.05) is 31.2 Å². The molecular formula is C14H22N2O3S. The molecule has 112 valence electrons. The van der Waals surface area contributed by atoms with Gasteiger partial charge in [-0.1, -0.05) is 24.6 Å². The predicted octanol–water partition coefficient (Wildman–Crippen LogP) is 1.56. The van der Waals surface area contributed by atoms with Crippen LogP contribution in [0.5, 0.6) is 5.75 Å². The molecule has 1 aromatic carbocycles. The molecule has 1 aromatic rings. The molecule has 2 rings (SSSR count). The van der Waals surface area contributed by atoms with Crippen LogP contribution >= 0.6 is 0 Å². The first kappa shape index (κ1) is 15.3. The monoisotopic (exact) mass is 298 g/mol. The molecule has 1 heterocycles. The van der Waals surface area contributed by atoms with Crippen LogP contribution in [0.4, 0.5) is 0 Å². The molecule has 1 saturated heterocycles. The summed E-state index contributed by atoms with van der Waals surface area (Å²) in [6.07, 6.45) is 2.29. The van der Waals surface area contributed by atoms with Gasteiger partial charge in [0, 0.05) is 5.56 Å². The molecule has 2 atom stereocenters. The van der Waals surface area contributed by atoms with Crippen LogP contribution in [0.25, 0.3) is 0 Å². The van der Waals surface area contributed by atoms with Gasteiger partial charge in [0.15, 0.2) is 9.84 Å². The van der Waals surface area contributed by atoms with Gasteiger partial charge in [0.25, 0.3) is 0 Å². The quantitative estimate of drug-likeness (QED) is 0.637. The van der Waals surface area contributed by atoms with Crippen LogP contribution in [0.15, 0.2) is 24.3 Å². The number of para-hydroxylation sites is 1. The molecule has 0 amide bonds. The molecule has 0 radical (unpaired) electrons. The van der Waals surface area contributed by atoms with E-state index >= 15 is 0 Å².